The Bertz CT molecular complexity index is 286. The quantitative estimate of drug-likeness (QED) is 0.702. The van der Waals surface area contributed by atoms with Gasteiger partial charge in [-0.05, 0) is 38.0 Å². The average Bonchev–Trinajstić information content (AvgIpc) is 2.43. The van der Waals surface area contributed by atoms with E-state index < -0.39 is 23.3 Å². The van der Waals surface area contributed by atoms with Gasteiger partial charge in [0.1, 0.15) is 0 Å². The second kappa shape index (κ2) is 2.97. The van der Waals surface area contributed by atoms with Crippen LogP contribution in [0.2, 0.25) is 0 Å². The van der Waals surface area contributed by atoms with Gasteiger partial charge in [0.2, 0.25) is 0 Å². The first kappa shape index (κ1) is 9.49. The Hall–Kier alpha value is -1.06. The van der Waals surface area contributed by atoms with Crippen molar-refractivity contribution < 1.29 is 19.8 Å². The number of fused-ring (bicyclic) bond motifs is 2. The van der Waals surface area contributed by atoms with Gasteiger partial charge in [-0.1, -0.05) is 0 Å². The third kappa shape index (κ3) is 1.29. The Labute approximate surface area is 81.9 Å². The molecule has 0 aliphatic heterocycles. The smallest absolute Gasteiger partial charge is 0.309 e. The molecule has 2 N–H and O–H groups in total. The molecule has 3 unspecified atom stereocenters. The molecule has 2 bridgehead atoms. The molecule has 4 nitrogen and oxygen atoms in total. The molecule has 0 aromatic carbocycles. The van der Waals surface area contributed by atoms with Gasteiger partial charge >= 0.3 is 11.9 Å². The minimum Gasteiger partial charge on any atom is -0.481 e. The summed E-state index contributed by atoms with van der Waals surface area (Å²) < 4.78 is 0. The predicted molar refractivity (Wildman–Crippen MR) is 47.8 cm³/mol. The van der Waals surface area contributed by atoms with E-state index in [4.69, 9.17) is 10.2 Å². The van der Waals surface area contributed by atoms with E-state index in [-0.39, 0.29) is 0 Å². The molecule has 0 aromatic rings. The highest BCUT2D eigenvalue weighted by Crippen LogP contribution is 2.53. The fourth-order valence-electron chi connectivity index (χ4n) is 3.05. The molecule has 14 heavy (non-hydrogen) atoms. The third-order valence-corrected chi connectivity index (χ3v) is 3.77. The molecule has 4 heteroatoms. The minimum absolute atomic E-state index is 0.320. The van der Waals surface area contributed by atoms with Crippen LogP contribution in [-0.2, 0) is 9.59 Å². The fourth-order valence-corrected chi connectivity index (χ4v) is 3.05. The van der Waals surface area contributed by atoms with E-state index in [9.17, 15) is 9.59 Å². The van der Waals surface area contributed by atoms with Crippen LogP contribution in [0.3, 0.4) is 0 Å². The van der Waals surface area contributed by atoms with Gasteiger partial charge in [-0.25, -0.2) is 0 Å². The normalized spacial score (nSPS) is 40.9. The first-order chi connectivity index (χ1) is 6.53. The van der Waals surface area contributed by atoms with Crippen LogP contribution in [0.4, 0.5) is 0 Å². The zero-order valence-electron chi connectivity index (χ0n) is 7.90. The molecule has 2 saturated carbocycles. The Morgan fingerprint density at radius 3 is 2.50 bits per heavy atom. The Kier molecular flexibility index (Phi) is 2.01. The van der Waals surface area contributed by atoms with Crippen LogP contribution < -0.4 is 0 Å². The van der Waals surface area contributed by atoms with Gasteiger partial charge in [-0.3, -0.25) is 9.59 Å². The van der Waals surface area contributed by atoms with Gasteiger partial charge in [0, 0.05) is 0 Å². The number of hydrogen-bond donors (Lipinski definition) is 2. The molecular formula is C10H14O4. The number of aliphatic carboxylic acids is 2. The molecule has 2 aliphatic rings. The molecule has 2 fully saturated rings. The van der Waals surface area contributed by atoms with Crippen molar-refractivity contribution in [2.24, 2.45) is 17.3 Å². The zero-order valence-corrected chi connectivity index (χ0v) is 7.90. The Morgan fingerprint density at radius 2 is 1.93 bits per heavy atom. The number of hydrogen-bond acceptors (Lipinski definition) is 2. The number of rotatable bonds is 2. The molecule has 0 saturated heterocycles. The van der Waals surface area contributed by atoms with Crippen molar-refractivity contribution in [1.29, 1.82) is 0 Å². The summed E-state index contributed by atoms with van der Waals surface area (Å²) in [4.78, 5) is 22.0. The molecule has 3 atom stereocenters. The van der Waals surface area contributed by atoms with Crippen molar-refractivity contribution in [3.05, 3.63) is 0 Å². The molecule has 0 aromatic heterocycles. The second-order valence-corrected chi connectivity index (χ2v) is 4.67. The van der Waals surface area contributed by atoms with Gasteiger partial charge in [-0.2, -0.15) is 0 Å². The summed E-state index contributed by atoms with van der Waals surface area (Å²) in [6.45, 7) is 0. The fraction of sp³-hybridized carbons (Fsp3) is 0.800. The van der Waals surface area contributed by atoms with E-state index in [1.807, 2.05) is 0 Å². The van der Waals surface area contributed by atoms with Crippen molar-refractivity contribution in [1.82, 2.24) is 0 Å². The lowest BCUT2D eigenvalue weighted by Gasteiger charge is -2.32. The highest BCUT2D eigenvalue weighted by atomic mass is 16.4. The molecule has 0 amide bonds. The molecule has 78 valence electrons. The van der Waals surface area contributed by atoms with Crippen LogP contribution in [0.5, 0.6) is 0 Å². The van der Waals surface area contributed by atoms with Crippen LogP contribution in [-0.4, -0.2) is 22.2 Å². The van der Waals surface area contributed by atoms with Gasteiger partial charge in [0.15, 0.2) is 0 Å². The lowest BCUT2D eigenvalue weighted by Crippen LogP contribution is -2.36. The monoisotopic (exact) mass is 198 g/mol. The number of carboxylic acids is 2. The lowest BCUT2D eigenvalue weighted by atomic mass is 9.71. The van der Waals surface area contributed by atoms with Crippen LogP contribution in [0.25, 0.3) is 0 Å². The summed E-state index contributed by atoms with van der Waals surface area (Å²) in [5, 5.41) is 18.0. The summed E-state index contributed by atoms with van der Waals surface area (Å²) >= 11 is 0. The Balaban J connectivity index is 2.21. The van der Waals surface area contributed by atoms with E-state index in [1.54, 1.807) is 0 Å². The van der Waals surface area contributed by atoms with Crippen molar-refractivity contribution in [3.63, 3.8) is 0 Å². The minimum atomic E-state index is -0.831. The van der Waals surface area contributed by atoms with Crippen LogP contribution in [0, 0.1) is 17.3 Å². The van der Waals surface area contributed by atoms with Crippen molar-refractivity contribution in [2.45, 2.75) is 32.1 Å². The largest absolute Gasteiger partial charge is 0.481 e. The third-order valence-electron chi connectivity index (χ3n) is 3.77. The van der Waals surface area contributed by atoms with Gasteiger partial charge in [0.25, 0.3) is 0 Å². The van der Waals surface area contributed by atoms with Crippen molar-refractivity contribution in [3.8, 4) is 0 Å². The second-order valence-electron chi connectivity index (χ2n) is 4.67. The maximum absolute atomic E-state index is 11.1. The highest BCUT2D eigenvalue weighted by molar-refractivity contribution is 5.78. The van der Waals surface area contributed by atoms with E-state index in [0.29, 0.717) is 31.6 Å². The van der Waals surface area contributed by atoms with E-state index in [1.165, 1.54) is 0 Å². The summed E-state index contributed by atoms with van der Waals surface area (Å²) in [5.74, 6) is -1.75. The summed E-state index contributed by atoms with van der Waals surface area (Å²) in [6, 6.07) is 0. The SMILES string of the molecule is O=C(O)C1CC2CCC(C(=O)O)(C2)C1. The summed E-state index contributed by atoms with van der Waals surface area (Å²) in [6.07, 6.45) is 3.23. The summed E-state index contributed by atoms with van der Waals surface area (Å²) in [5.41, 5.74) is -0.716. The molecule has 2 aliphatic carbocycles. The maximum Gasteiger partial charge on any atom is 0.309 e. The van der Waals surface area contributed by atoms with Gasteiger partial charge < -0.3 is 10.2 Å². The van der Waals surface area contributed by atoms with Gasteiger partial charge in [0.05, 0.1) is 11.3 Å². The van der Waals surface area contributed by atoms with E-state index in [0.717, 1.165) is 6.42 Å². The molecule has 2 rings (SSSR count). The number of carboxylic acid groups (broad SMARTS) is 2. The first-order valence-electron chi connectivity index (χ1n) is 5.00. The van der Waals surface area contributed by atoms with Crippen LogP contribution in [0.15, 0.2) is 0 Å². The first-order valence-corrected chi connectivity index (χ1v) is 5.00. The van der Waals surface area contributed by atoms with E-state index >= 15 is 0 Å². The maximum atomic E-state index is 11.1. The molecule has 0 radical (unpaired) electrons. The molecular weight excluding hydrogens is 184 g/mol. The van der Waals surface area contributed by atoms with Gasteiger partial charge in [-0.15, -0.1) is 0 Å². The van der Waals surface area contributed by atoms with Crippen molar-refractivity contribution in [2.75, 3.05) is 0 Å². The average molecular weight is 198 g/mol. The van der Waals surface area contributed by atoms with Crippen LogP contribution >= 0.6 is 0 Å². The lowest BCUT2D eigenvalue weighted by molar-refractivity contribution is -0.154. The summed E-state index contributed by atoms with van der Waals surface area (Å²) in [7, 11) is 0. The molecule has 0 spiro atoms. The Morgan fingerprint density at radius 1 is 1.21 bits per heavy atom. The predicted octanol–water partition coefficient (Wildman–Crippen LogP) is 1.35. The van der Waals surface area contributed by atoms with E-state index in [2.05, 4.69) is 0 Å². The highest BCUT2D eigenvalue weighted by Gasteiger charge is 2.52. The number of carbonyl (C=O) groups is 2. The van der Waals surface area contributed by atoms with Crippen LogP contribution in [0.1, 0.15) is 32.1 Å². The van der Waals surface area contributed by atoms with Crippen molar-refractivity contribution >= 4 is 11.9 Å². The topological polar surface area (TPSA) is 74.6 Å². The standard InChI is InChI=1S/C10H14O4/c11-8(12)7-3-6-1-2-10(4-6,5-7)9(13)14/h6-7H,1-5H2,(H,11,12)(H,13,14). The molecule has 0 heterocycles. The zero-order chi connectivity index (χ0) is 10.3.